The van der Waals surface area contributed by atoms with Crippen molar-refractivity contribution in [3.63, 3.8) is 0 Å². The molecule has 6 heteroatoms. The molecule has 150 valence electrons. The molecule has 0 radical (unpaired) electrons. The van der Waals surface area contributed by atoms with E-state index in [0.29, 0.717) is 12.1 Å². The van der Waals surface area contributed by atoms with E-state index in [0.717, 1.165) is 59.9 Å². The minimum Gasteiger partial charge on any atom is -0.356 e. The Morgan fingerprint density at radius 2 is 1.70 bits per heavy atom. The predicted octanol–water partition coefficient (Wildman–Crippen LogP) is 4.16. The standard InChI is InChI=1S/C24H23N5O/c30-24(25-16-22-26-20-10-4-5-11-21(20)27-22)18-12-13-19(17-8-2-1-3-9-17)28-23(18)29-14-6-7-15-29/h1-5,8-13H,6-7,14-16H2,(H,25,30)(H,26,27). The summed E-state index contributed by atoms with van der Waals surface area (Å²) in [6.07, 6.45) is 2.24. The molecule has 1 aliphatic heterocycles. The Labute approximate surface area is 175 Å². The average Bonchev–Trinajstić information content (AvgIpc) is 3.47. The fourth-order valence-corrected chi connectivity index (χ4v) is 3.91. The number of carbonyl (C=O) groups excluding carboxylic acids is 1. The molecule has 0 atom stereocenters. The van der Waals surface area contributed by atoms with Gasteiger partial charge in [0.2, 0.25) is 0 Å². The lowest BCUT2D eigenvalue weighted by Gasteiger charge is -2.20. The van der Waals surface area contributed by atoms with Crippen molar-refractivity contribution in [3.05, 3.63) is 78.1 Å². The third-order valence-electron chi connectivity index (χ3n) is 5.45. The summed E-state index contributed by atoms with van der Waals surface area (Å²) in [7, 11) is 0. The second-order valence-electron chi connectivity index (χ2n) is 7.51. The zero-order valence-corrected chi connectivity index (χ0v) is 16.6. The fourth-order valence-electron chi connectivity index (χ4n) is 3.91. The van der Waals surface area contributed by atoms with Crippen molar-refractivity contribution in [2.75, 3.05) is 18.0 Å². The number of fused-ring (bicyclic) bond motifs is 1. The number of nitrogens with one attached hydrogen (secondary N) is 2. The van der Waals surface area contributed by atoms with E-state index in [2.05, 4.69) is 20.2 Å². The number of pyridine rings is 1. The second-order valence-corrected chi connectivity index (χ2v) is 7.51. The van der Waals surface area contributed by atoms with Gasteiger partial charge in [-0.2, -0.15) is 0 Å². The molecule has 4 aromatic rings. The van der Waals surface area contributed by atoms with Gasteiger partial charge in [0, 0.05) is 18.7 Å². The van der Waals surface area contributed by atoms with Crippen LogP contribution in [0.5, 0.6) is 0 Å². The Hall–Kier alpha value is -3.67. The minimum absolute atomic E-state index is 0.135. The van der Waals surface area contributed by atoms with Crippen molar-refractivity contribution < 1.29 is 4.79 Å². The van der Waals surface area contributed by atoms with Crippen molar-refractivity contribution in [2.24, 2.45) is 0 Å². The van der Waals surface area contributed by atoms with Gasteiger partial charge in [0.15, 0.2) is 0 Å². The number of amides is 1. The van der Waals surface area contributed by atoms with E-state index >= 15 is 0 Å². The Morgan fingerprint density at radius 3 is 2.50 bits per heavy atom. The van der Waals surface area contributed by atoms with E-state index in [1.54, 1.807) is 0 Å². The molecule has 0 spiro atoms. The number of anilines is 1. The molecule has 0 aliphatic carbocycles. The molecule has 3 heterocycles. The van der Waals surface area contributed by atoms with Crippen LogP contribution in [0.25, 0.3) is 22.3 Å². The van der Waals surface area contributed by atoms with Crippen LogP contribution in [0.15, 0.2) is 66.7 Å². The number of hydrogen-bond acceptors (Lipinski definition) is 4. The number of benzene rings is 2. The SMILES string of the molecule is O=C(NCc1nc2ccccc2[nH]1)c1ccc(-c2ccccc2)nc1N1CCCC1. The van der Waals surface area contributed by atoms with Gasteiger partial charge in [-0.05, 0) is 37.1 Å². The Bertz CT molecular complexity index is 1150. The molecule has 1 saturated heterocycles. The van der Waals surface area contributed by atoms with Crippen molar-refractivity contribution in [1.29, 1.82) is 0 Å². The highest BCUT2D eigenvalue weighted by Gasteiger charge is 2.22. The number of H-pyrrole nitrogens is 1. The van der Waals surface area contributed by atoms with Crippen molar-refractivity contribution in [3.8, 4) is 11.3 Å². The molecular formula is C24H23N5O. The van der Waals surface area contributed by atoms with Gasteiger partial charge in [-0.25, -0.2) is 9.97 Å². The van der Waals surface area contributed by atoms with Crippen molar-refractivity contribution in [2.45, 2.75) is 19.4 Å². The molecule has 2 N–H and O–H groups in total. The van der Waals surface area contributed by atoms with Crippen LogP contribution >= 0.6 is 0 Å². The molecule has 0 unspecified atom stereocenters. The summed E-state index contributed by atoms with van der Waals surface area (Å²) >= 11 is 0. The summed E-state index contributed by atoms with van der Waals surface area (Å²) in [6.45, 7) is 2.19. The Morgan fingerprint density at radius 1 is 0.933 bits per heavy atom. The molecule has 1 amide bonds. The van der Waals surface area contributed by atoms with Crippen LogP contribution in [-0.2, 0) is 6.54 Å². The van der Waals surface area contributed by atoms with E-state index < -0.39 is 0 Å². The van der Waals surface area contributed by atoms with Gasteiger partial charge >= 0.3 is 0 Å². The lowest BCUT2D eigenvalue weighted by atomic mass is 10.1. The predicted molar refractivity (Wildman–Crippen MR) is 118 cm³/mol. The van der Waals surface area contributed by atoms with Crippen LogP contribution in [-0.4, -0.2) is 33.9 Å². The summed E-state index contributed by atoms with van der Waals surface area (Å²) in [5.74, 6) is 1.36. The van der Waals surface area contributed by atoms with Gasteiger partial charge in [0.1, 0.15) is 11.6 Å². The van der Waals surface area contributed by atoms with Gasteiger partial charge in [-0.1, -0.05) is 42.5 Å². The lowest BCUT2D eigenvalue weighted by molar-refractivity contribution is 0.0950. The minimum atomic E-state index is -0.135. The van der Waals surface area contributed by atoms with E-state index in [1.165, 1.54) is 0 Å². The van der Waals surface area contributed by atoms with E-state index in [1.807, 2.05) is 66.7 Å². The average molecular weight is 397 g/mol. The van der Waals surface area contributed by atoms with E-state index in [9.17, 15) is 4.79 Å². The number of para-hydroxylation sites is 2. The first-order valence-corrected chi connectivity index (χ1v) is 10.3. The maximum atomic E-state index is 13.0. The molecule has 2 aromatic carbocycles. The monoisotopic (exact) mass is 397 g/mol. The molecule has 1 fully saturated rings. The summed E-state index contributed by atoms with van der Waals surface area (Å²) in [5.41, 5.74) is 4.40. The third-order valence-corrected chi connectivity index (χ3v) is 5.45. The molecule has 1 aliphatic rings. The van der Waals surface area contributed by atoms with E-state index in [4.69, 9.17) is 4.98 Å². The molecule has 5 rings (SSSR count). The highest BCUT2D eigenvalue weighted by Crippen LogP contribution is 2.27. The fraction of sp³-hybridized carbons (Fsp3) is 0.208. The molecule has 0 saturated carbocycles. The zero-order chi connectivity index (χ0) is 20.3. The number of imidazole rings is 1. The summed E-state index contributed by atoms with van der Waals surface area (Å²) < 4.78 is 0. The lowest BCUT2D eigenvalue weighted by Crippen LogP contribution is -2.28. The molecule has 2 aromatic heterocycles. The quantitative estimate of drug-likeness (QED) is 0.530. The molecule has 6 nitrogen and oxygen atoms in total. The van der Waals surface area contributed by atoms with Crippen LogP contribution < -0.4 is 10.2 Å². The van der Waals surface area contributed by atoms with Crippen LogP contribution in [0.4, 0.5) is 5.82 Å². The summed E-state index contributed by atoms with van der Waals surface area (Å²) in [5, 5.41) is 3.00. The first kappa shape index (κ1) is 18.4. The normalized spacial score (nSPS) is 13.7. The second kappa shape index (κ2) is 7.99. The number of carbonyl (C=O) groups is 1. The summed E-state index contributed by atoms with van der Waals surface area (Å²) in [4.78, 5) is 27.9. The topological polar surface area (TPSA) is 73.9 Å². The molecule has 0 bridgehead atoms. The van der Waals surface area contributed by atoms with Gasteiger partial charge < -0.3 is 15.2 Å². The van der Waals surface area contributed by atoms with Gasteiger partial charge in [-0.3, -0.25) is 4.79 Å². The van der Waals surface area contributed by atoms with Gasteiger partial charge in [-0.15, -0.1) is 0 Å². The molecular weight excluding hydrogens is 374 g/mol. The van der Waals surface area contributed by atoms with Gasteiger partial charge in [0.05, 0.1) is 28.8 Å². The summed E-state index contributed by atoms with van der Waals surface area (Å²) in [6, 6.07) is 21.7. The third kappa shape index (κ3) is 3.64. The number of hydrogen-bond donors (Lipinski definition) is 2. The number of rotatable bonds is 5. The number of nitrogens with zero attached hydrogens (tertiary/aromatic N) is 3. The largest absolute Gasteiger partial charge is 0.356 e. The highest BCUT2D eigenvalue weighted by atomic mass is 16.1. The smallest absolute Gasteiger partial charge is 0.255 e. The first-order chi connectivity index (χ1) is 14.8. The van der Waals surface area contributed by atoms with Crippen LogP contribution in [0.3, 0.4) is 0 Å². The Balaban J connectivity index is 1.41. The maximum absolute atomic E-state index is 13.0. The Kier molecular flexibility index (Phi) is 4.89. The van der Waals surface area contributed by atoms with Crippen molar-refractivity contribution >= 4 is 22.8 Å². The number of aromatic amines is 1. The van der Waals surface area contributed by atoms with E-state index in [-0.39, 0.29) is 5.91 Å². The number of aromatic nitrogens is 3. The van der Waals surface area contributed by atoms with Crippen LogP contribution in [0.1, 0.15) is 29.0 Å². The van der Waals surface area contributed by atoms with Crippen LogP contribution in [0.2, 0.25) is 0 Å². The van der Waals surface area contributed by atoms with Crippen LogP contribution in [0, 0.1) is 0 Å². The molecule has 30 heavy (non-hydrogen) atoms. The highest BCUT2D eigenvalue weighted by molar-refractivity contribution is 5.99. The zero-order valence-electron chi connectivity index (χ0n) is 16.6. The first-order valence-electron chi connectivity index (χ1n) is 10.3. The van der Waals surface area contributed by atoms with Gasteiger partial charge in [0.25, 0.3) is 5.91 Å². The van der Waals surface area contributed by atoms with Crippen molar-refractivity contribution in [1.82, 2.24) is 20.3 Å². The maximum Gasteiger partial charge on any atom is 0.255 e.